The van der Waals surface area contributed by atoms with Crippen molar-refractivity contribution in [2.45, 2.75) is 25.7 Å². The van der Waals surface area contributed by atoms with E-state index in [1.807, 2.05) is 0 Å². The van der Waals surface area contributed by atoms with Gasteiger partial charge in [-0.1, -0.05) is 0 Å². The van der Waals surface area contributed by atoms with E-state index in [0.29, 0.717) is 0 Å². The summed E-state index contributed by atoms with van der Waals surface area (Å²) in [5.41, 5.74) is 0. The lowest BCUT2D eigenvalue weighted by Crippen LogP contribution is -3.00. The highest BCUT2D eigenvalue weighted by molar-refractivity contribution is 4.52. The summed E-state index contributed by atoms with van der Waals surface area (Å²) in [6.45, 7) is 5.56. The van der Waals surface area contributed by atoms with E-state index in [2.05, 4.69) is 28.2 Å². The Bertz CT molecular complexity index is 172. The molecule has 16 heavy (non-hydrogen) atoms. The van der Waals surface area contributed by atoms with Crippen LogP contribution in [-0.2, 0) is 0 Å². The summed E-state index contributed by atoms with van der Waals surface area (Å²) < 4.78 is 2.46. The maximum atomic E-state index is 2.43. The minimum atomic E-state index is 0. The van der Waals surface area contributed by atoms with Gasteiger partial charge in [-0.15, -0.1) is 0 Å². The molecule has 0 atom stereocenters. The number of quaternary nitrogens is 2. The lowest BCUT2D eigenvalue weighted by Gasteiger charge is -2.30. The highest BCUT2D eigenvalue weighted by atomic mass is 127. The highest BCUT2D eigenvalue weighted by Crippen LogP contribution is 2.17. The molecule has 1 saturated heterocycles. The van der Waals surface area contributed by atoms with E-state index in [4.69, 9.17) is 0 Å². The largest absolute Gasteiger partial charge is 1.00 e. The molecule has 100 valence electrons. The van der Waals surface area contributed by atoms with Crippen LogP contribution in [0.25, 0.3) is 0 Å². The summed E-state index contributed by atoms with van der Waals surface area (Å²) in [5, 5.41) is 0. The fourth-order valence-corrected chi connectivity index (χ4v) is 2.40. The van der Waals surface area contributed by atoms with Gasteiger partial charge in [0.05, 0.1) is 54.4 Å². The number of halogens is 2. The van der Waals surface area contributed by atoms with Gasteiger partial charge in [-0.3, -0.25) is 0 Å². The van der Waals surface area contributed by atoms with E-state index in [0.717, 1.165) is 4.48 Å². The average molecular weight is 454 g/mol. The first-order chi connectivity index (χ1) is 6.41. The summed E-state index contributed by atoms with van der Waals surface area (Å²) in [7, 11) is 9.28. The van der Waals surface area contributed by atoms with Crippen LogP contribution in [0.4, 0.5) is 0 Å². The standard InChI is InChI=1S/C12H28N2.2HI/c1-13(2,3)9-5-6-10-14(4)11-7-8-12-14;;/h5-12H2,1-4H3;2*1H/q+2;;/p-2. The minimum absolute atomic E-state index is 0. The number of likely N-dealkylation sites (tertiary alicyclic amines) is 1. The normalized spacial score (nSPS) is 18.8. The third kappa shape index (κ3) is 8.47. The molecule has 0 aromatic carbocycles. The van der Waals surface area contributed by atoms with Crippen molar-refractivity contribution in [1.29, 1.82) is 0 Å². The predicted octanol–water partition coefficient (Wildman–Crippen LogP) is -4.28. The molecule has 0 amide bonds. The molecule has 1 heterocycles. The Balaban J connectivity index is 0. The Kier molecular flexibility index (Phi) is 10.4. The van der Waals surface area contributed by atoms with Crippen molar-refractivity contribution in [3.05, 3.63) is 0 Å². The molecule has 0 N–H and O–H groups in total. The fraction of sp³-hybridized carbons (Fsp3) is 1.00. The van der Waals surface area contributed by atoms with Gasteiger partial charge in [-0.05, 0) is 0 Å². The van der Waals surface area contributed by atoms with Crippen molar-refractivity contribution in [2.24, 2.45) is 0 Å². The monoisotopic (exact) mass is 454 g/mol. The lowest BCUT2D eigenvalue weighted by molar-refractivity contribution is -0.899. The molecule has 1 aliphatic rings. The molecule has 2 nitrogen and oxygen atoms in total. The number of unbranched alkanes of at least 4 members (excludes halogenated alkanes) is 1. The van der Waals surface area contributed by atoms with Gasteiger partial charge in [0.25, 0.3) is 0 Å². The van der Waals surface area contributed by atoms with E-state index in [1.54, 1.807) is 0 Å². The van der Waals surface area contributed by atoms with Crippen LogP contribution in [0, 0.1) is 0 Å². The average Bonchev–Trinajstić information content (AvgIpc) is 2.45. The topological polar surface area (TPSA) is 0 Å². The second kappa shape index (κ2) is 8.48. The Morgan fingerprint density at radius 1 is 0.938 bits per heavy atom. The van der Waals surface area contributed by atoms with Crippen LogP contribution in [0.1, 0.15) is 25.7 Å². The Morgan fingerprint density at radius 3 is 1.88 bits per heavy atom. The van der Waals surface area contributed by atoms with Gasteiger partial charge < -0.3 is 56.9 Å². The van der Waals surface area contributed by atoms with Gasteiger partial charge in [0, 0.05) is 25.7 Å². The van der Waals surface area contributed by atoms with Crippen LogP contribution >= 0.6 is 0 Å². The highest BCUT2D eigenvalue weighted by Gasteiger charge is 2.25. The van der Waals surface area contributed by atoms with Crippen LogP contribution in [0.5, 0.6) is 0 Å². The fourth-order valence-electron chi connectivity index (χ4n) is 2.40. The summed E-state index contributed by atoms with van der Waals surface area (Å²) in [5.74, 6) is 0. The van der Waals surface area contributed by atoms with Crippen LogP contribution in [-0.4, -0.2) is 63.3 Å². The molecule has 0 aromatic rings. The number of hydrogen-bond donors (Lipinski definition) is 0. The molecule has 1 rings (SSSR count). The SMILES string of the molecule is C[N+](C)(C)CCCC[N+]1(C)CCCC1.[I-].[I-]. The van der Waals surface area contributed by atoms with Crippen molar-refractivity contribution in [1.82, 2.24) is 0 Å². The zero-order chi connectivity index (χ0) is 10.7. The van der Waals surface area contributed by atoms with Crippen molar-refractivity contribution >= 4 is 0 Å². The summed E-state index contributed by atoms with van der Waals surface area (Å²) in [4.78, 5) is 0. The molecule has 0 spiro atoms. The molecular weight excluding hydrogens is 426 g/mol. The third-order valence-electron chi connectivity index (χ3n) is 3.42. The molecule has 0 bridgehead atoms. The zero-order valence-electron chi connectivity index (χ0n) is 11.3. The van der Waals surface area contributed by atoms with Crippen LogP contribution in [0.15, 0.2) is 0 Å². The third-order valence-corrected chi connectivity index (χ3v) is 3.42. The first-order valence-corrected chi connectivity index (χ1v) is 6.05. The van der Waals surface area contributed by atoms with Gasteiger partial charge in [0.2, 0.25) is 0 Å². The van der Waals surface area contributed by atoms with E-state index in [1.165, 1.54) is 56.3 Å². The summed E-state index contributed by atoms with van der Waals surface area (Å²) >= 11 is 0. The van der Waals surface area contributed by atoms with Gasteiger partial charge in [0.1, 0.15) is 0 Å². The van der Waals surface area contributed by atoms with Gasteiger partial charge in [0.15, 0.2) is 0 Å². The molecule has 0 aromatic heterocycles. The van der Waals surface area contributed by atoms with E-state index in [-0.39, 0.29) is 48.0 Å². The maximum absolute atomic E-state index is 2.43. The molecule has 0 radical (unpaired) electrons. The van der Waals surface area contributed by atoms with Crippen LogP contribution in [0.2, 0.25) is 0 Å². The molecule has 4 heteroatoms. The van der Waals surface area contributed by atoms with Crippen molar-refractivity contribution in [2.75, 3.05) is 54.4 Å². The lowest BCUT2D eigenvalue weighted by atomic mass is 10.2. The second-order valence-electron chi connectivity index (χ2n) is 6.22. The van der Waals surface area contributed by atoms with Crippen molar-refractivity contribution < 1.29 is 56.9 Å². The second-order valence-corrected chi connectivity index (χ2v) is 6.22. The van der Waals surface area contributed by atoms with E-state index in [9.17, 15) is 0 Å². The molecular formula is C12H28I2N2. The van der Waals surface area contributed by atoms with Gasteiger partial charge in [-0.25, -0.2) is 0 Å². The Labute approximate surface area is 136 Å². The number of rotatable bonds is 5. The molecule has 1 fully saturated rings. The predicted molar refractivity (Wildman–Crippen MR) is 62.2 cm³/mol. The molecule has 0 saturated carbocycles. The first-order valence-electron chi connectivity index (χ1n) is 6.05. The first kappa shape index (κ1) is 19.7. The van der Waals surface area contributed by atoms with Crippen molar-refractivity contribution in [3.8, 4) is 0 Å². The molecule has 1 aliphatic heterocycles. The number of hydrogen-bond acceptors (Lipinski definition) is 0. The van der Waals surface area contributed by atoms with E-state index < -0.39 is 0 Å². The number of nitrogens with zero attached hydrogens (tertiary/aromatic N) is 2. The van der Waals surface area contributed by atoms with Gasteiger partial charge >= 0.3 is 0 Å². The Hall–Kier alpha value is 1.38. The summed E-state index contributed by atoms with van der Waals surface area (Å²) in [6, 6.07) is 0. The minimum Gasteiger partial charge on any atom is -1.00 e. The smallest absolute Gasteiger partial charge is 0.0786 e. The van der Waals surface area contributed by atoms with E-state index >= 15 is 0 Å². The van der Waals surface area contributed by atoms with Gasteiger partial charge in [-0.2, -0.15) is 0 Å². The molecule has 0 aliphatic carbocycles. The maximum Gasteiger partial charge on any atom is 0.0786 e. The molecule has 0 unspecified atom stereocenters. The quantitative estimate of drug-likeness (QED) is 0.224. The van der Waals surface area contributed by atoms with Crippen LogP contribution in [0.3, 0.4) is 0 Å². The Morgan fingerprint density at radius 2 is 1.44 bits per heavy atom. The summed E-state index contributed by atoms with van der Waals surface area (Å²) in [6.07, 6.45) is 5.70. The zero-order valence-corrected chi connectivity index (χ0v) is 15.6. The van der Waals surface area contributed by atoms with Crippen LogP contribution < -0.4 is 48.0 Å². The van der Waals surface area contributed by atoms with Crippen molar-refractivity contribution in [3.63, 3.8) is 0 Å².